The smallest absolute Gasteiger partial charge is 0.253 e. The van der Waals surface area contributed by atoms with Crippen molar-refractivity contribution < 1.29 is 18.7 Å². The summed E-state index contributed by atoms with van der Waals surface area (Å²) in [4.78, 5) is 29.7. The molecule has 1 fully saturated rings. The van der Waals surface area contributed by atoms with Crippen molar-refractivity contribution in [2.24, 2.45) is 0 Å². The Morgan fingerprint density at radius 1 is 0.971 bits per heavy atom. The van der Waals surface area contributed by atoms with Gasteiger partial charge in [0.15, 0.2) is 0 Å². The van der Waals surface area contributed by atoms with Crippen molar-refractivity contribution in [3.8, 4) is 5.75 Å². The lowest BCUT2D eigenvalue weighted by molar-refractivity contribution is -0.117. The summed E-state index contributed by atoms with van der Waals surface area (Å²) < 4.78 is 11.5. The van der Waals surface area contributed by atoms with Crippen molar-refractivity contribution in [1.82, 2.24) is 9.80 Å². The maximum atomic E-state index is 12.9. The standard InChI is InChI=1S/C27H26ClN3O4/c1-34-25-15-21-20-8-2-3-9-23(20)35-24(21)16-22(25)29-26(32)17-30-10-5-11-31(13-12-30)27(33)18-6-4-7-19(28)14-18/h2-4,6-9,14-16H,5,10-13,17H2,1H3,(H,29,32). The number of amides is 2. The van der Waals surface area contributed by atoms with Crippen molar-refractivity contribution in [1.29, 1.82) is 0 Å². The molecule has 4 aromatic rings. The number of hydrogen-bond acceptors (Lipinski definition) is 5. The monoisotopic (exact) mass is 491 g/mol. The number of carbonyl (C=O) groups excluding carboxylic acids is 2. The Bertz CT molecular complexity index is 1400. The van der Waals surface area contributed by atoms with Crippen LogP contribution in [0.15, 0.2) is 65.1 Å². The van der Waals surface area contributed by atoms with Crippen molar-refractivity contribution in [2.75, 3.05) is 45.2 Å². The highest BCUT2D eigenvalue weighted by atomic mass is 35.5. The van der Waals surface area contributed by atoms with Crippen molar-refractivity contribution in [2.45, 2.75) is 6.42 Å². The van der Waals surface area contributed by atoms with Gasteiger partial charge in [-0.2, -0.15) is 0 Å². The van der Waals surface area contributed by atoms with E-state index >= 15 is 0 Å². The van der Waals surface area contributed by atoms with E-state index in [-0.39, 0.29) is 18.4 Å². The number of benzene rings is 3. The Labute approximate surface area is 208 Å². The number of halogens is 1. The zero-order valence-corrected chi connectivity index (χ0v) is 20.2. The Hall–Kier alpha value is -3.55. The van der Waals surface area contributed by atoms with Crippen LogP contribution >= 0.6 is 11.6 Å². The predicted octanol–water partition coefficient (Wildman–Crippen LogP) is 5.03. The number of methoxy groups -OCH3 is 1. The molecular weight excluding hydrogens is 466 g/mol. The third-order valence-electron chi connectivity index (χ3n) is 6.29. The predicted molar refractivity (Wildman–Crippen MR) is 137 cm³/mol. The Balaban J connectivity index is 1.24. The van der Waals surface area contributed by atoms with Crippen LogP contribution in [0.5, 0.6) is 5.75 Å². The average molecular weight is 492 g/mol. The van der Waals surface area contributed by atoms with Crippen LogP contribution in [-0.2, 0) is 4.79 Å². The number of hydrogen-bond donors (Lipinski definition) is 1. The fraction of sp³-hybridized carbons (Fsp3) is 0.259. The molecule has 1 saturated heterocycles. The van der Waals surface area contributed by atoms with Gasteiger partial charge in [0.2, 0.25) is 5.91 Å². The van der Waals surface area contributed by atoms with Gasteiger partial charge in [-0.3, -0.25) is 14.5 Å². The van der Waals surface area contributed by atoms with Crippen molar-refractivity contribution in [3.63, 3.8) is 0 Å². The summed E-state index contributed by atoms with van der Waals surface area (Å²) >= 11 is 6.04. The van der Waals surface area contributed by atoms with Gasteiger partial charge in [-0.15, -0.1) is 0 Å². The van der Waals surface area contributed by atoms with Crippen molar-refractivity contribution in [3.05, 3.63) is 71.2 Å². The van der Waals surface area contributed by atoms with E-state index in [4.69, 9.17) is 20.8 Å². The summed E-state index contributed by atoms with van der Waals surface area (Å²) in [7, 11) is 1.58. The quantitative estimate of drug-likeness (QED) is 0.423. The number of furan rings is 1. The molecule has 1 N–H and O–H groups in total. The Morgan fingerprint density at radius 2 is 1.83 bits per heavy atom. The highest BCUT2D eigenvalue weighted by Gasteiger charge is 2.22. The van der Waals surface area contributed by atoms with Gasteiger partial charge in [0, 0.05) is 53.6 Å². The van der Waals surface area contributed by atoms with Crippen LogP contribution in [0, 0.1) is 0 Å². The second-order valence-corrected chi connectivity index (χ2v) is 9.06. The normalized spacial score (nSPS) is 14.7. The van der Waals surface area contributed by atoms with E-state index < -0.39 is 0 Å². The van der Waals surface area contributed by atoms with Gasteiger partial charge in [-0.1, -0.05) is 35.9 Å². The van der Waals surface area contributed by atoms with Crippen LogP contribution in [0.25, 0.3) is 21.9 Å². The molecule has 0 bridgehead atoms. The number of rotatable bonds is 5. The van der Waals surface area contributed by atoms with Gasteiger partial charge in [-0.05, 0) is 36.8 Å². The van der Waals surface area contributed by atoms with Gasteiger partial charge in [0.25, 0.3) is 5.91 Å². The fourth-order valence-electron chi connectivity index (χ4n) is 4.55. The van der Waals surface area contributed by atoms with E-state index in [0.29, 0.717) is 47.2 Å². The molecule has 0 aliphatic carbocycles. The number of carbonyl (C=O) groups is 2. The summed E-state index contributed by atoms with van der Waals surface area (Å²) in [5.41, 5.74) is 2.62. The highest BCUT2D eigenvalue weighted by molar-refractivity contribution is 6.31. The van der Waals surface area contributed by atoms with Gasteiger partial charge in [0.05, 0.1) is 19.3 Å². The second kappa shape index (κ2) is 9.98. The lowest BCUT2D eigenvalue weighted by Gasteiger charge is -2.22. The van der Waals surface area contributed by atoms with Crippen LogP contribution in [0.3, 0.4) is 0 Å². The summed E-state index contributed by atoms with van der Waals surface area (Å²) in [6.07, 6.45) is 0.786. The van der Waals surface area contributed by atoms with Gasteiger partial charge in [0.1, 0.15) is 16.9 Å². The van der Waals surface area contributed by atoms with Gasteiger partial charge in [-0.25, -0.2) is 0 Å². The largest absolute Gasteiger partial charge is 0.495 e. The molecule has 2 heterocycles. The SMILES string of the molecule is COc1cc2c(cc1NC(=O)CN1CCCN(C(=O)c3cccc(Cl)c3)CC1)oc1ccccc12. The Kier molecular flexibility index (Phi) is 6.61. The first-order valence-corrected chi connectivity index (χ1v) is 12.0. The number of para-hydroxylation sites is 1. The van der Waals surface area contributed by atoms with E-state index in [1.54, 1.807) is 37.4 Å². The van der Waals surface area contributed by atoms with E-state index in [2.05, 4.69) is 10.2 Å². The molecule has 0 radical (unpaired) electrons. The molecule has 0 unspecified atom stereocenters. The van der Waals surface area contributed by atoms with Crippen LogP contribution in [-0.4, -0.2) is 61.4 Å². The molecule has 8 heteroatoms. The van der Waals surface area contributed by atoms with Crippen molar-refractivity contribution >= 4 is 51.0 Å². The maximum Gasteiger partial charge on any atom is 0.253 e. The molecule has 7 nitrogen and oxygen atoms in total. The number of anilines is 1. The summed E-state index contributed by atoms with van der Waals surface area (Å²) in [5.74, 6) is 0.391. The van der Waals surface area contributed by atoms with Crippen LogP contribution < -0.4 is 10.1 Å². The summed E-state index contributed by atoms with van der Waals surface area (Å²) in [5, 5.41) is 5.45. The molecule has 1 aliphatic heterocycles. The number of nitrogens with zero attached hydrogens (tertiary/aromatic N) is 2. The second-order valence-electron chi connectivity index (χ2n) is 8.63. The van der Waals surface area contributed by atoms with Crippen LogP contribution in [0.1, 0.15) is 16.8 Å². The number of fused-ring (bicyclic) bond motifs is 3. The first-order valence-electron chi connectivity index (χ1n) is 11.6. The topological polar surface area (TPSA) is 75.0 Å². The van der Waals surface area contributed by atoms with Gasteiger partial charge >= 0.3 is 0 Å². The molecule has 0 atom stereocenters. The van der Waals surface area contributed by atoms with E-state index in [1.165, 1.54) is 0 Å². The minimum absolute atomic E-state index is 0.0392. The molecule has 3 aromatic carbocycles. The molecule has 1 aliphatic rings. The first-order chi connectivity index (χ1) is 17.0. The molecule has 1 aromatic heterocycles. The number of ether oxygens (including phenoxy) is 1. The van der Waals surface area contributed by atoms with Crippen LogP contribution in [0.4, 0.5) is 5.69 Å². The molecular formula is C27H26ClN3O4. The lowest BCUT2D eigenvalue weighted by Crippen LogP contribution is -2.38. The molecule has 5 rings (SSSR count). The van der Waals surface area contributed by atoms with Crippen LogP contribution in [0.2, 0.25) is 5.02 Å². The minimum Gasteiger partial charge on any atom is -0.495 e. The molecule has 2 amide bonds. The molecule has 0 saturated carbocycles. The van der Waals surface area contributed by atoms with E-state index in [9.17, 15) is 9.59 Å². The highest BCUT2D eigenvalue weighted by Crippen LogP contribution is 2.36. The third-order valence-corrected chi connectivity index (χ3v) is 6.52. The zero-order valence-electron chi connectivity index (χ0n) is 19.4. The molecule has 35 heavy (non-hydrogen) atoms. The average Bonchev–Trinajstić information content (AvgIpc) is 3.05. The van der Waals surface area contributed by atoms with E-state index in [1.807, 2.05) is 35.2 Å². The number of nitrogens with one attached hydrogen (secondary N) is 1. The van der Waals surface area contributed by atoms with Gasteiger partial charge < -0.3 is 19.4 Å². The Morgan fingerprint density at radius 3 is 2.66 bits per heavy atom. The van der Waals surface area contributed by atoms with E-state index in [0.717, 1.165) is 29.3 Å². The molecule has 0 spiro atoms. The third kappa shape index (κ3) is 4.97. The zero-order chi connectivity index (χ0) is 24.4. The lowest BCUT2D eigenvalue weighted by atomic mass is 10.1. The molecule has 180 valence electrons. The minimum atomic E-state index is -0.145. The summed E-state index contributed by atoms with van der Waals surface area (Å²) in [6.45, 7) is 2.75. The summed E-state index contributed by atoms with van der Waals surface area (Å²) in [6, 6.07) is 18.5. The fourth-order valence-corrected chi connectivity index (χ4v) is 4.74. The first kappa shape index (κ1) is 23.2. The maximum absolute atomic E-state index is 12.9.